The first kappa shape index (κ1) is 14.8. The number of likely N-dealkylation sites (tertiary alicyclic amines) is 1. The number of rotatable bonds is 1. The summed E-state index contributed by atoms with van der Waals surface area (Å²) in [5.41, 5.74) is 5.35. The Morgan fingerprint density at radius 3 is 2.39 bits per heavy atom. The molecule has 1 fully saturated rings. The smallest absolute Gasteiger partial charge is 0.411 e. The Morgan fingerprint density at radius 2 is 1.94 bits per heavy atom. The van der Waals surface area contributed by atoms with Gasteiger partial charge in [-0.05, 0) is 33.6 Å². The fourth-order valence-corrected chi connectivity index (χ4v) is 1.93. The molecule has 1 saturated heterocycles. The molecule has 0 radical (unpaired) electrons. The van der Waals surface area contributed by atoms with Crippen LogP contribution in [0.15, 0.2) is 0 Å². The van der Waals surface area contributed by atoms with E-state index in [2.05, 4.69) is 4.74 Å². The van der Waals surface area contributed by atoms with E-state index < -0.39 is 17.9 Å². The third-order valence-corrected chi connectivity index (χ3v) is 2.81. The largest absolute Gasteiger partial charge is 0.469 e. The standard InChI is InChI=1S/C12H22N2O4/c1-12(2,3)18-11(16)14-6-5-8(7-9(14)13)10(15)17-4/h8-9H,5-7,13H2,1-4H3. The predicted molar refractivity (Wildman–Crippen MR) is 65.7 cm³/mol. The lowest BCUT2D eigenvalue weighted by molar-refractivity contribution is -0.147. The van der Waals surface area contributed by atoms with Crippen LogP contribution in [0.5, 0.6) is 0 Å². The molecular weight excluding hydrogens is 236 g/mol. The Kier molecular flexibility index (Phi) is 4.56. The number of methoxy groups -OCH3 is 1. The zero-order valence-electron chi connectivity index (χ0n) is 11.4. The number of nitrogens with two attached hydrogens (primary N) is 1. The fraction of sp³-hybridized carbons (Fsp3) is 0.833. The average molecular weight is 258 g/mol. The fourth-order valence-electron chi connectivity index (χ4n) is 1.93. The quantitative estimate of drug-likeness (QED) is 0.712. The van der Waals surface area contributed by atoms with Gasteiger partial charge in [0, 0.05) is 6.54 Å². The lowest BCUT2D eigenvalue weighted by Crippen LogP contribution is -2.53. The summed E-state index contributed by atoms with van der Waals surface area (Å²) in [6.07, 6.45) is 0.0296. The Balaban J connectivity index is 2.57. The summed E-state index contributed by atoms with van der Waals surface area (Å²) in [7, 11) is 1.36. The molecule has 18 heavy (non-hydrogen) atoms. The number of carbonyl (C=O) groups excluding carboxylic acids is 2. The summed E-state index contributed by atoms with van der Waals surface area (Å²) in [6.45, 7) is 5.82. The molecule has 0 aliphatic carbocycles. The SMILES string of the molecule is COC(=O)C1CCN(C(=O)OC(C)(C)C)C(N)C1. The van der Waals surface area contributed by atoms with Gasteiger partial charge in [-0.25, -0.2) is 4.79 Å². The highest BCUT2D eigenvalue weighted by Crippen LogP contribution is 2.23. The average Bonchev–Trinajstić information content (AvgIpc) is 2.25. The maximum Gasteiger partial charge on any atom is 0.411 e. The minimum atomic E-state index is -0.546. The second-order valence-electron chi connectivity index (χ2n) is 5.49. The van der Waals surface area contributed by atoms with Crippen molar-refractivity contribution in [1.82, 2.24) is 4.90 Å². The molecule has 2 atom stereocenters. The predicted octanol–water partition coefficient (Wildman–Crippen LogP) is 1.09. The monoisotopic (exact) mass is 258 g/mol. The van der Waals surface area contributed by atoms with E-state index >= 15 is 0 Å². The molecule has 0 spiro atoms. The molecule has 0 saturated carbocycles. The van der Waals surface area contributed by atoms with Crippen LogP contribution in [0.1, 0.15) is 33.6 Å². The van der Waals surface area contributed by atoms with Crippen LogP contribution in [0.2, 0.25) is 0 Å². The van der Waals surface area contributed by atoms with E-state index in [1.54, 1.807) is 20.8 Å². The number of piperidine rings is 1. The number of amides is 1. The van der Waals surface area contributed by atoms with Gasteiger partial charge in [0.2, 0.25) is 0 Å². The minimum absolute atomic E-state index is 0.233. The van der Waals surface area contributed by atoms with E-state index in [-0.39, 0.29) is 11.9 Å². The third kappa shape index (κ3) is 3.87. The highest BCUT2D eigenvalue weighted by atomic mass is 16.6. The summed E-state index contributed by atoms with van der Waals surface area (Å²) in [5.74, 6) is -0.502. The molecule has 0 aromatic rings. The van der Waals surface area contributed by atoms with Crippen molar-refractivity contribution >= 4 is 12.1 Å². The van der Waals surface area contributed by atoms with Crippen molar-refractivity contribution in [1.29, 1.82) is 0 Å². The van der Waals surface area contributed by atoms with Crippen molar-refractivity contribution in [3.63, 3.8) is 0 Å². The highest BCUT2D eigenvalue weighted by molar-refractivity contribution is 5.73. The maximum absolute atomic E-state index is 11.9. The van der Waals surface area contributed by atoms with E-state index in [4.69, 9.17) is 10.5 Å². The van der Waals surface area contributed by atoms with Crippen LogP contribution < -0.4 is 5.73 Å². The van der Waals surface area contributed by atoms with Crippen LogP contribution >= 0.6 is 0 Å². The van der Waals surface area contributed by atoms with Crippen LogP contribution in [-0.2, 0) is 14.3 Å². The number of carbonyl (C=O) groups is 2. The zero-order valence-corrected chi connectivity index (χ0v) is 11.4. The van der Waals surface area contributed by atoms with E-state index in [0.29, 0.717) is 19.4 Å². The van der Waals surface area contributed by atoms with Crippen LogP contribution in [0, 0.1) is 5.92 Å². The van der Waals surface area contributed by atoms with Crippen LogP contribution in [0.4, 0.5) is 4.79 Å². The first-order valence-electron chi connectivity index (χ1n) is 6.07. The highest BCUT2D eigenvalue weighted by Gasteiger charge is 2.35. The maximum atomic E-state index is 11.9. The molecule has 1 aliphatic rings. The molecule has 0 aromatic carbocycles. The number of ether oxygens (including phenoxy) is 2. The van der Waals surface area contributed by atoms with Crippen molar-refractivity contribution in [3.8, 4) is 0 Å². The van der Waals surface area contributed by atoms with Crippen molar-refractivity contribution in [2.75, 3.05) is 13.7 Å². The molecule has 2 unspecified atom stereocenters. The van der Waals surface area contributed by atoms with Crippen molar-refractivity contribution < 1.29 is 19.1 Å². The topological polar surface area (TPSA) is 81.9 Å². The lowest BCUT2D eigenvalue weighted by Gasteiger charge is -2.37. The van der Waals surface area contributed by atoms with E-state index in [1.807, 2.05) is 0 Å². The van der Waals surface area contributed by atoms with Crippen LogP contribution in [-0.4, -0.2) is 42.4 Å². The normalized spacial score (nSPS) is 24.6. The van der Waals surface area contributed by atoms with Gasteiger partial charge in [-0.3, -0.25) is 9.69 Å². The van der Waals surface area contributed by atoms with Gasteiger partial charge < -0.3 is 15.2 Å². The summed E-state index contributed by atoms with van der Waals surface area (Å²) in [6, 6.07) is 0. The summed E-state index contributed by atoms with van der Waals surface area (Å²) in [5, 5.41) is 0. The Labute approximate surface area is 107 Å². The molecule has 0 aromatic heterocycles. The second kappa shape index (κ2) is 5.56. The third-order valence-electron chi connectivity index (χ3n) is 2.81. The zero-order chi connectivity index (χ0) is 13.9. The van der Waals surface area contributed by atoms with Crippen molar-refractivity contribution in [3.05, 3.63) is 0 Å². The molecule has 0 bridgehead atoms. The molecule has 1 heterocycles. The molecule has 2 N–H and O–H groups in total. The Bertz CT molecular complexity index is 325. The number of esters is 1. The molecule has 1 aliphatic heterocycles. The summed E-state index contributed by atoms with van der Waals surface area (Å²) >= 11 is 0. The van der Waals surface area contributed by atoms with Gasteiger partial charge in [0.25, 0.3) is 0 Å². The molecule has 6 nitrogen and oxygen atoms in total. The summed E-state index contributed by atoms with van der Waals surface area (Å²) in [4.78, 5) is 24.7. The molecule has 1 rings (SSSR count). The summed E-state index contributed by atoms with van der Waals surface area (Å²) < 4.78 is 9.95. The Hall–Kier alpha value is -1.30. The van der Waals surface area contributed by atoms with Gasteiger partial charge in [-0.2, -0.15) is 0 Å². The van der Waals surface area contributed by atoms with Gasteiger partial charge in [0.1, 0.15) is 5.60 Å². The van der Waals surface area contributed by atoms with Crippen LogP contribution in [0.25, 0.3) is 0 Å². The van der Waals surface area contributed by atoms with Gasteiger partial charge in [-0.1, -0.05) is 0 Å². The number of hydrogen-bond donors (Lipinski definition) is 1. The number of nitrogens with zero attached hydrogens (tertiary/aromatic N) is 1. The van der Waals surface area contributed by atoms with Crippen LogP contribution in [0.3, 0.4) is 0 Å². The second-order valence-corrected chi connectivity index (χ2v) is 5.49. The molecule has 1 amide bonds. The van der Waals surface area contributed by atoms with Gasteiger partial charge in [-0.15, -0.1) is 0 Å². The number of hydrogen-bond acceptors (Lipinski definition) is 5. The molecule has 6 heteroatoms. The van der Waals surface area contributed by atoms with Gasteiger partial charge in [0.05, 0.1) is 19.2 Å². The van der Waals surface area contributed by atoms with Crippen molar-refractivity contribution in [2.24, 2.45) is 11.7 Å². The first-order valence-corrected chi connectivity index (χ1v) is 6.07. The molecule has 104 valence electrons. The van der Waals surface area contributed by atoms with E-state index in [9.17, 15) is 9.59 Å². The van der Waals surface area contributed by atoms with Gasteiger partial charge in [0.15, 0.2) is 0 Å². The first-order chi connectivity index (χ1) is 8.24. The lowest BCUT2D eigenvalue weighted by atomic mass is 9.95. The Morgan fingerprint density at radius 1 is 1.33 bits per heavy atom. The minimum Gasteiger partial charge on any atom is -0.469 e. The molecular formula is C12H22N2O4. The van der Waals surface area contributed by atoms with Gasteiger partial charge >= 0.3 is 12.1 Å². The van der Waals surface area contributed by atoms with Crippen molar-refractivity contribution in [2.45, 2.75) is 45.4 Å². The van der Waals surface area contributed by atoms with E-state index in [1.165, 1.54) is 12.0 Å². The van der Waals surface area contributed by atoms with E-state index in [0.717, 1.165) is 0 Å².